The van der Waals surface area contributed by atoms with E-state index >= 15 is 0 Å². The van der Waals surface area contributed by atoms with Crippen LogP contribution in [0.15, 0.2) is 23.8 Å². The van der Waals surface area contributed by atoms with Crippen molar-refractivity contribution < 1.29 is 14.7 Å². The van der Waals surface area contributed by atoms with E-state index in [1.165, 1.54) is 24.8 Å². The fourth-order valence-corrected chi connectivity index (χ4v) is 7.75. The van der Waals surface area contributed by atoms with Crippen LogP contribution in [-0.4, -0.2) is 11.8 Å². The Kier molecular flexibility index (Phi) is 4.44. The monoisotopic (exact) mass is 369 g/mol. The Morgan fingerprint density at radius 1 is 1.26 bits per heavy atom. The summed E-state index contributed by atoms with van der Waals surface area (Å²) in [5.74, 6) is 2.20. The maximum Gasteiger partial charge on any atom is 0.156 e. The average Bonchev–Trinajstić information content (AvgIpc) is 2.93. The van der Waals surface area contributed by atoms with Crippen molar-refractivity contribution in [3.05, 3.63) is 23.8 Å². The van der Waals surface area contributed by atoms with Gasteiger partial charge in [-0.05, 0) is 90.1 Å². The van der Waals surface area contributed by atoms with E-state index in [1.54, 1.807) is 0 Å². The van der Waals surface area contributed by atoms with Crippen LogP contribution < -0.4 is 5.11 Å². The van der Waals surface area contributed by atoms with E-state index in [0.29, 0.717) is 36.0 Å². The summed E-state index contributed by atoms with van der Waals surface area (Å²) in [7, 11) is 0. The number of carbonyl (C=O) groups excluding carboxylic acids is 2. The molecule has 3 heteroatoms. The molecular formula is C24H33O3-. The van der Waals surface area contributed by atoms with Crippen LogP contribution in [0.3, 0.4) is 0 Å². The molecule has 0 saturated heterocycles. The molecule has 0 N–H and O–H groups in total. The van der Waals surface area contributed by atoms with Crippen LogP contribution in [0.2, 0.25) is 0 Å². The lowest BCUT2D eigenvalue weighted by Gasteiger charge is -2.58. The van der Waals surface area contributed by atoms with E-state index in [2.05, 4.69) is 39.8 Å². The number of aliphatic carboxylic acids is 1. The molecule has 2 fully saturated rings. The van der Waals surface area contributed by atoms with E-state index in [0.717, 1.165) is 6.42 Å². The minimum Gasteiger partial charge on any atom is -0.550 e. The van der Waals surface area contributed by atoms with Gasteiger partial charge in [-0.1, -0.05) is 39.8 Å². The zero-order valence-corrected chi connectivity index (χ0v) is 17.2. The lowest BCUT2D eigenvalue weighted by molar-refractivity contribution is -0.307. The summed E-state index contributed by atoms with van der Waals surface area (Å²) in [6.07, 6.45) is 12.1. The molecular weight excluding hydrogens is 336 g/mol. The Labute approximate surface area is 163 Å². The lowest BCUT2D eigenvalue weighted by Crippen LogP contribution is -2.51. The first-order valence-corrected chi connectivity index (χ1v) is 10.8. The van der Waals surface area contributed by atoms with Crippen LogP contribution in [0, 0.1) is 46.3 Å². The zero-order chi connectivity index (χ0) is 19.6. The molecule has 2 saturated carbocycles. The SMILES string of the molecule is CC1CC(=O)C=C2C=C[C@H]3[C@@H]4CC[C@H]([C@H](C)CC(=O)[O-])[C@@]4(C)CC[C@@H]3[C@]21C. The van der Waals surface area contributed by atoms with E-state index in [1.807, 2.05) is 6.08 Å². The van der Waals surface area contributed by atoms with Gasteiger partial charge in [-0.25, -0.2) is 0 Å². The van der Waals surface area contributed by atoms with Crippen molar-refractivity contribution >= 4 is 11.8 Å². The highest BCUT2D eigenvalue weighted by atomic mass is 16.4. The molecule has 0 aromatic rings. The van der Waals surface area contributed by atoms with Gasteiger partial charge in [0, 0.05) is 12.4 Å². The first kappa shape index (κ1) is 19.0. The van der Waals surface area contributed by atoms with Gasteiger partial charge in [-0.3, -0.25) is 4.79 Å². The largest absolute Gasteiger partial charge is 0.550 e. The van der Waals surface area contributed by atoms with Gasteiger partial charge in [-0.15, -0.1) is 0 Å². The number of carbonyl (C=O) groups is 2. The molecule has 0 aromatic carbocycles. The minimum absolute atomic E-state index is 0.101. The van der Waals surface area contributed by atoms with Crippen LogP contribution in [0.5, 0.6) is 0 Å². The minimum atomic E-state index is -0.913. The summed E-state index contributed by atoms with van der Waals surface area (Å²) >= 11 is 0. The Morgan fingerprint density at radius 3 is 2.70 bits per heavy atom. The second-order valence-corrected chi connectivity index (χ2v) is 10.4. The number of fused-ring (bicyclic) bond motifs is 5. The maximum atomic E-state index is 12.1. The molecule has 4 rings (SSSR count). The lowest BCUT2D eigenvalue weighted by atomic mass is 9.46. The quantitative estimate of drug-likeness (QED) is 0.757. The Balaban J connectivity index is 1.66. The smallest absolute Gasteiger partial charge is 0.156 e. The van der Waals surface area contributed by atoms with Crippen molar-refractivity contribution in [3.8, 4) is 0 Å². The van der Waals surface area contributed by atoms with Gasteiger partial charge in [-0.2, -0.15) is 0 Å². The molecule has 0 aliphatic heterocycles. The standard InChI is InChI=1S/C24H34O3/c1-14(11-22(26)27)19-7-8-20-18-6-5-16-13-17(25)12-15(2)24(16,4)21(18)9-10-23(19,20)3/h5-6,13-15,18-21H,7-12H2,1-4H3,(H,26,27)/p-1/t14-,15?,18+,19-,20+,21+,23-,24+/m1/s1. The normalized spacial score (nSPS) is 46.9. The van der Waals surface area contributed by atoms with Crippen molar-refractivity contribution in [3.63, 3.8) is 0 Å². The van der Waals surface area contributed by atoms with Crippen LogP contribution >= 0.6 is 0 Å². The van der Waals surface area contributed by atoms with Gasteiger partial charge in [0.2, 0.25) is 0 Å². The molecule has 0 amide bonds. The summed E-state index contributed by atoms with van der Waals surface area (Å²) in [5, 5.41) is 11.2. The zero-order valence-electron chi connectivity index (χ0n) is 17.2. The maximum absolute atomic E-state index is 12.1. The fourth-order valence-electron chi connectivity index (χ4n) is 7.75. The molecule has 148 valence electrons. The predicted molar refractivity (Wildman–Crippen MR) is 103 cm³/mol. The molecule has 0 radical (unpaired) electrons. The number of allylic oxidation sites excluding steroid dienone is 4. The highest BCUT2D eigenvalue weighted by molar-refractivity contribution is 5.92. The molecule has 4 aliphatic carbocycles. The molecule has 1 unspecified atom stereocenters. The Morgan fingerprint density at radius 2 is 2.00 bits per heavy atom. The molecule has 0 bridgehead atoms. The van der Waals surface area contributed by atoms with Crippen molar-refractivity contribution in [1.29, 1.82) is 0 Å². The molecule has 4 aliphatic rings. The van der Waals surface area contributed by atoms with Crippen molar-refractivity contribution in [2.45, 2.75) is 66.2 Å². The van der Waals surface area contributed by atoms with Gasteiger partial charge in [0.05, 0.1) is 0 Å². The summed E-state index contributed by atoms with van der Waals surface area (Å²) < 4.78 is 0. The summed E-state index contributed by atoms with van der Waals surface area (Å²) in [6.45, 7) is 9.18. The fraction of sp³-hybridized carbons (Fsp3) is 0.750. The summed E-state index contributed by atoms with van der Waals surface area (Å²) in [6, 6.07) is 0. The highest BCUT2D eigenvalue weighted by Gasteiger charge is 2.59. The second kappa shape index (κ2) is 6.32. The third kappa shape index (κ3) is 2.68. The van der Waals surface area contributed by atoms with Crippen molar-refractivity contribution in [2.24, 2.45) is 46.3 Å². The highest BCUT2D eigenvalue weighted by Crippen LogP contribution is 2.67. The van der Waals surface area contributed by atoms with Gasteiger partial charge >= 0.3 is 0 Å². The Hall–Kier alpha value is -1.38. The van der Waals surface area contributed by atoms with Gasteiger partial charge in [0.1, 0.15) is 0 Å². The van der Waals surface area contributed by atoms with E-state index in [4.69, 9.17) is 0 Å². The predicted octanol–water partition coefficient (Wildman–Crippen LogP) is 3.93. The molecule has 8 atom stereocenters. The average molecular weight is 370 g/mol. The van der Waals surface area contributed by atoms with Crippen LogP contribution in [0.1, 0.15) is 66.2 Å². The summed E-state index contributed by atoms with van der Waals surface area (Å²) in [4.78, 5) is 23.3. The third-order valence-corrected chi connectivity index (χ3v) is 9.32. The van der Waals surface area contributed by atoms with E-state index in [-0.39, 0.29) is 29.0 Å². The molecule has 27 heavy (non-hydrogen) atoms. The summed E-state index contributed by atoms with van der Waals surface area (Å²) in [5.41, 5.74) is 1.57. The van der Waals surface area contributed by atoms with E-state index < -0.39 is 5.97 Å². The number of ketones is 1. The first-order valence-electron chi connectivity index (χ1n) is 10.8. The topological polar surface area (TPSA) is 57.2 Å². The first-order chi connectivity index (χ1) is 12.7. The van der Waals surface area contributed by atoms with Crippen molar-refractivity contribution in [2.75, 3.05) is 0 Å². The number of hydrogen-bond donors (Lipinski definition) is 0. The van der Waals surface area contributed by atoms with Crippen LogP contribution in [0.25, 0.3) is 0 Å². The molecule has 0 heterocycles. The number of carboxylic acid groups (broad SMARTS) is 1. The van der Waals surface area contributed by atoms with Gasteiger partial charge in [0.25, 0.3) is 0 Å². The van der Waals surface area contributed by atoms with Crippen molar-refractivity contribution in [1.82, 2.24) is 0 Å². The van der Waals surface area contributed by atoms with Gasteiger partial charge in [0.15, 0.2) is 5.78 Å². The number of hydrogen-bond acceptors (Lipinski definition) is 3. The van der Waals surface area contributed by atoms with Gasteiger partial charge < -0.3 is 9.90 Å². The van der Waals surface area contributed by atoms with Crippen LogP contribution in [-0.2, 0) is 9.59 Å². The second-order valence-electron chi connectivity index (χ2n) is 10.4. The van der Waals surface area contributed by atoms with Crippen LogP contribution in [0.4, 0.5) is 0 Å². The third-order valence-electron chi connectivity index (χ3n) is 9.32. The molecule has 3 nitrogen and oxygen atoms in total. The van der Waals surface area contributed by atoms with E-state index in [9.17, 15) is 14.7 Å². The molecule has 0 spiro atoms. The molecule has 0 aromatic heterocycles. The number of carboxylic acids is 1. The number of rotatable bonds is 3. The Bertz CT molecular complexity index is 719.